The van der Waals surface area contributed by atoms with Crippen molar-refractivity contribution in [1.82, 2.24) is 0 Å². The number of carboxylic acids is 1. The summed E-state index contributed by atoms with van der Waals surface area (Å²) in [4.78, 5) is 11.2. The van der Waals surface area contributed by atoms with Crippen molar-refractivity contribution in [2.45, 2.75) is 39.0 Å². The highest BCUT2D eigenvalue weighted by atomic mass is 16.4. The number of hydrogen-bond acceptors (Lipinski definition) is 2. The average Bonchev–Trinajstić information content (AvgIpc) is 2.37. The molecule has 0 spiro atoms. The van der Waals surface area contributed by atoms with E-state index in [1.807, 2.05) is 19.1 Å². The third kappa shape index (κ3) is 3.50. The van der Waals surface area contributed by atoms with Crippen LogP contribution < -0.4 is 5.73 Å². The predicted octanol–water partition coefficient (Wildman–Crippen LogP) is 4.16. The number of nitrogens with two attached hydrogens (primary N) is 1. The zero-order valence-corrected chi connectivity index (χ0v) is 12.4. The lowest BCUT2D eigenvalue weighted by molar-refractivity contribution is 0.0698. The van der Waals surface area contributed by atoms with E-state index in [-0.39, 0.29) is 11.0 Å². The second kappa shape index (κ2) is 6.42. The Morgan fingerprint density at radius 2 is 2.10 bits per heavy atom. The largest absolute Gasteiger partial charge is 0.478 e. The van der Waals surface area contributed by atoms with Gasteiger partial charge in [-0.1, -0.05) is 36.8 Å². The van der Waals surface area contributed by atoms with Crippen LogP contribution in [-0.4, -0.2) is 11.1 Å². The summed E-state index contributed by atoms with van der Waals surface area (Å²) >= 11 is 0. The monoisotopic (exact) mass is 273 g/mol. The Kier molecular flexibility index (Phi) is 5.14. The first kappa shape index (κ1) is 16.0. The van der Waals surface area contributed by atoms with Gasteiger partial charge in [0, 0.05) is 5.41 Å². The van der Waals surface area contributed by atoms with Crippen molar-refractivity contribution in [3.63, 3.8) is 0 Å². The smallest absolute Gasteiger partial charge is 0.337 e. The summed E-state index contributed by atoms with van der Waals surface area (Å²) < 4.78 is 0. The van der Waals surface area contributed by atoms with Crippen molar-refractivity contribution in [3.8, 4) is 0 Å². The predicted molar refractivity (Wildman–Crippen MR) is 84.0 cm³/mol. The van der Waals surface area contributed by atoms with Crippen LogP contribution in [0.2, 0.25) is 0 Å². The molecule has 0 bridgehead atoms. The van der Waals surface area contributed by atoms with E-state index in [0.717, 1.165) is 18.4 Å². The minimum absolute atomic E-state index is 0.151. The maximum Gasteiger partial charge on any atom is 0.337 e. The molecule has 0 aliphatic carbocycles. The number of nitrogen functional groups attached to an aromatic ring is 1. The van der Waals surface area contributed by atoms with E-state index in [1.54, 1.807) is 6.07 Å². The number of benzene rings is 1. The Labute approximate surface area is 120 Å². The fraction of sp³-hybridized carbons (Fsp3) is 0.353. The van der Waals surface area contributed by atoms with Crippen molar-refractivity contribution in [2.24, 2.45) is 0 Å². The van der Waals surface area contributed by atoms with E-state index >= 15 is 0 Å². The van der Waals surface area contributed by atoms with Crippen LogP contribution in [0.3, 0.4) is 0 Å². The summed E-state index contributed by atoms with van der Waals surface area (Å²) in [5, 5.41) is 9.16. The maximum atomic E-state index is 11.2. The molecule has 1 unspecified atom stereocenters. The lowest BCUT2D eigenvalue weighted by atomic mass is 9.77. The number of allylic oxidation sites excluding steroid dienone is 3. The van der Waals surface area contributed by atoms with Gasteiger partial charge in [0.1, 0.15) is 0 Å². The van der Waals surface area contributed by atoms with Gasteiger partial charge in [0.25, 0.3) is 0 Å². The Morgan fingerprint density at radius 1 is 1.45 bits per heavy atom. The standard InChI is InChI=1S/C17H23NO2/c1-5-17(4,11-7-8-12(2)3)14-10-6-9-13(15(14)18)16(19)20/h5-6,8-10H,1,7,11,18H2,2-4H3,(H,19,20). The first-order chi connectivity index (χ1) is 9.31. The summed E-state index contributed by atoms with van der Waals surface area (Å²) in [6.45, 7) is 10.1. The molecule has 0 heterocycles. The fourth-order valence-corrected chi connectivity index (χ4v) is 2.26. The molecule has 1 aromatic carbocycles. The molecule has 108 valence electrons. The molecule has 0 fully saturated rings. The molecular formula is C17H23NO2. The van der Waals surface area contributed by atoms with E-state index in [2.05, 4.69) is 26.5 Å². The van der Waals surface area contributed by atoms with Crippen molar-refractivity contribution in [1.29, 1.82) is 0 Å². The third-order valence-electron chi connectivity index (χ3n) is 3.62. The highest BCUT2D eigenvalue weighted by Crippen LogP contribution is 2.35. The second-order valence-electron chi connectivity index (χ2n) is 5.51. The summed E-state index contributed by atoms with van der Waals surface area (Å²) in [6.07, 6.45) is 5.76. The Hall–Kier alpha value is -2.03. The van der Waals surface area contributed by atoms with Gasteiger partial charge in [-0.15, -0.1) is 6.58 Å². The van der Waals surface area contributed by atoms with Crippen LogP contribution in [0.5, 0.6) is 0 Å². The summed E-state index contributed by atoms with van der Waals surface area (Å²) in [5.74, 6) is -1.000. The molecule has 1 rings (SSSR count). The van der Waals surface area contributed by atoms with Gasteiger partial charge in [-0.2, -0.15) is 0 Å². The molecule has 20 heavy (non-hydrogen) atoms. The summed E-state index contributed by atoms with van der Waals surface area (Å²) in [7, 11) is 0. The number of rotatable bonds is 6. The fourth-order valence-electron chi connectivity index (χ4n) is 2.26. The van der Waals surface area contributed by atoms with Crippen molar-refractivity contribution < 1.29 is 9.90 Å². The number of carbonyl (C=O) groups is 1. The Balaban J connectivity index is 3.17. The Bertz CT molecular complexity index is 542. The van der Waals surface area contributed by atoms with Gasteiger partial charge >= 0.3 is 5.97 Å². The van der Waals surface area contributed by atoms with Crippen molar-refractivity contribution in [2.75, 3.05) is 5.73 Å². The number of hydrogen-bond donors (Lipinski definition) is 2. The maximum absolute atomic E-state index is 11.2. The minimum Gasteiger partial charge on any atom is -0.478 e. The Morgan fingerprint density at radius 3 is 2.60 bits per heavy atom. The van der Waals surface area contributed by atoms with Gasteiger partial charge < -0.3 is 10.8 Å². The minimum atomic E-state index is -1.000. The van der Waals surface area contributed by atoms with Gasteiger partial charge in [0.15, 0.2) is 0 Å². The highest BCUT2D eigenvalue weighted by molar-refractivity contribution is 5.94. The normalized spacial score (nSPS) is 13.3. The molecule has 1 aromatic rings. The topological polar surface area (TPSA) is 63.3 Å². The highest BCUT2D eigenvalue weighted by Gasteiger charge is 2.26. The van der Waals surface area contributed by atoms with E-state index in [1.165, 1.54) is 11.6 Å². The van der Waals surface area contributed by atoms with Crippen LogP contribution in [0.4, 0.5) is 5.69 Å². The quantitative estimate of drug-likeness (QED) is 0.604. The molecule has 0 radical (unpaired) electrons. The first-order valence-electron chi connectivity index (χ1n) is 6.71. The first-order valence-corrected chi connectivity index (χ1v) is 6.71. The van der Waals surface area contributed by atoms with E-state index in [4.69, 9.17) is 10.8 Å². The summed E-state index contributed by atoms with van der Waals surface area (Å²) in [6, 6.07) is 5.14. The van der Waals surface area contributed by atoms with Gasteiger partial charge in [-0.05, 0) is 38.3 Å². The summed E-state index contributed by atoms with van der Waals surface area (Å²) in [5.41, 5.74) is 8.28. The van der Waals surface area contributed by atoms with Gasteiger partial charge in [-0.3, -0.25) is 0 Å². The molecule has 3 heteroatoms. The molecule has 3 nitrogen and oxygen atoms in total. The molecule has 3 N–H and O–H groups in total. The molecule has 0 saturated carbocycles. The molecule has 0 saturated heterocycles. The van der Waals surface area contributed by atoms with Crippen LogP contribution >= 0.6 is 0 Å². The van der Waals surface area contributed by atoms with Crippen LogP contribution in [0, 0.1) is 0 Å². The lowest BCUT2D eigenvalue weighted by Gasteiger charge is -2.28. The van der Waals surface area contributed by atoms with Crippen LogP contribution in [-0.2, 0) is 5.41 Å². The molecule has 0 aliphatic heterocycles. The van der Waals surface area contributed by atoms with Crippen LogP contribution in [0.25, 0.3) is 0 Å². The molecular weight excluding hydrogens is 250 g/mol. The zero-order valence-electron chi connectivity index (χ0n) is 12.4. The molecule has 0 aliphatic rings. The van der Waals surface area contributed by atoms with Gasteiger partial charge in [0.2, 0.25) is 0 Å². The van der Waals surface area contributed by atoms with Crippen LogP contribution in [0.15, 0.2) is 42.5 Å². The van der Waals surface area contributed by atoms with Gasteiger partial charge in [0.05, 0.1) is 11.3 Å². The number of anilines is 1. The SMILES string of the molecule is C=CC(C)(CCC=C(C)C)c1cccc(C(=O)O)c1N. The van der Waals surface area contributed by atoms with E-state index in [0.29, 0.717) is 5.69 Å². The average molecular weight is 273 g/mol. The van der Waals surface area contributed by atoms with Crippen molar-refractivity contribution in [3.05, 3.63) is 53.6 Å². The third-order valence-corrected chi connectivity index (χ3v) is 3.62. The number of carboxylic acid groups (broad SMARTS) is 1. The van der Waals surface area contributed by atoms with Crippen LogP contribution in [0.1, 0.15) is 49.5 Å². The molecule has 0 aromatic heterocycles. The lowest BCUT2D eigenvalue weighted by Crippen LogP contribution is -2.21. The zero-order chi connectivity index (χ0) is 15.3. The van der Waals surface area contributed by atoms with E-state index < -0.39 is 5.97 Å². The van der Waals surface area contributed by atoms with Gasteiger partial charge in [-0.25, -0.2) is 4.79 Å². The number of para-hydroxylation sites is 1. The number of aromatic carboxylic acids is 1. The van der Waals surface area contributed by atoms with E-state index in [9.17, 15) is 4.79 Å². The molecule has 0 amide bonds. The molecule has 1 atom stereocenters. The second-order valence-corrected chi connectivity index (χ2v) is 5.51. The van der Waals surface area contributed by atoms with Crippen molar-refractivity contribution >= 4 is 11.7 Å².